The molecule has 1 saturated heterocycles. The van der Waals surface area contributed by atoms with Crippen LogP contribution in [0.3, 0.4) is 0 Å². The van der Waals surface area contributed by atoms with E-state index in [-0.39, 0.29) is 0 Å². The molecule has 2 heteroatoms. The topological polar surface area (TPSA) is 24.1 Å². The number of rotatable bonds is 4. The normalized spacial score (nSPS) is 22.2. The molecule has 0 radical (unpaired) electrons. The van der Waals surface area contributed by atoms with E-state index in [4.69, 9.17) is 0 Å². The van der Waals surface area contributed by atoms with Gasteiger partial charge in [-0.25, -0.2) is 0 Å². The number of aryl methyl sites for hydroxylation is 1. The summed E-state index contributed by atoms with van der Waals surface area (Å²) in [5.41, 5.74) is 2.82. The first-order valence-electron chi connectivity index (χ1n) is 6.34. The molecule has 2 rings (SSSR count). The molecule has 0 amide bonds. The van der Waals surface area contributed by atoms with E-state index in [0.717, 1.165) is 13.0 Å². The smallest absolute Gasteiger partial charge is 0.0473 e. The SMILES string of the molecule is CCc1ccc(C(NC)C2CCCN2)cc1. The molecule has 0 aromatic heterocycles. The molecule has 1 aliphatic rings. The van der Waals surface area contributed by atoms with E-state index in [9.17, 15) is 0 Å². The van der Waals surface area contributed by atoms with Crippen molar-refractivity contribution in [3.05, 3.63) is 35.4 Å². The third-order valence-electron chi connectivity index (χ3n) is 3.56. The molecule has 2 nitrogen and oxygen atoms in total. The summed E-state index contributed by atoms with van der Waals surface area (Å²) in [5, 5.41) is 7.01. The van der Waals surface area contributed by atoms with Crippen molar-refractivity contribution in [3.8, 4) is 0 Å². The first kappa shape index (κ1) is 11.6. The van der Waals surface area contributed by atoms with Crippen LogP contribution in [0.2, 0.25) is 0 Å². The van der Waals surface area contributed by atoms with E-state index < -0.39 is 0 Å². The molecule has 1 heterocycles. The molecular formula is C14H22N2. The molecule has 2 unspecified atom stereocenters. The van der Waals surface area contributed by atoms with Gasteiger partial charge < -0.3 is 10.6 Å². The lowest BCUT2D eigenvalue weighted by Gasteiger charge is -2.24. The van der Waals surface area contributed by atoms with E-state index in [1.807, 2.05) is 0 Å². The second-order valence-electron chi connectivity index (χ2n) is 4.56. The van der Waals surface area contributed by atoms with Crippen molar-refractivity contribution >= 4 is 0 Å². The summed E-state index contributed by atoms with van der Waals surface area (Å²) < 4.78 is 0. The Morgan fingerprint density at radius 2 is 2.12 bits per heavy atom. The molecule has 0 bridgehead atoms. The Morgan fingerprint density at radius 3 is 2.62 bits per heavy atom. The second kappa shape index (κ2) is 5.46. The maximum atomic E-state index is 3.57. The fraction of sp³-hybridized carbons (Fsp3) is 0.571. The van der Waals surface area contributed by atoms with Crippen LogP contribution in [0.1, 0.15) is 36.9 Å². The molecule has 2 N–H and O–H groups in total. The molecule has 1 aliphatic heterocycles. The Balaban J connectivity index is 2.12. The summed E-state index contributed by atoms with van der Waals surface area (Å²) in [6, 6.07) is 10.1. The standard InChI is InChI=1S/C14H22N2/c1-3-11-6-8-12(9-7-11)14(15-2)13-5-4-10-16-13/h6-9,13-16H,3-5,10H2,1-2H3. The fourth-order valence-electron chi connectivity index (χ4n) is 2.56. The number of hydrogen-bond donors (Lipinski definition) is 2. The van der Waals surface area contributed by atoms with Crippen LogP contribution in [0, 0.1) is 0 Å². The van der Waals surface area contributed by atoms with Crippen LogP contribution >= 0.6 is 0 Å². The minimum Gasteiger partial charge on any atom is -0.312 e. The number of benzene rings is 1. The summed E-state index contributed by atoms with van der Waals surface area (Å²) >= 11 is 0. The number of likely N-dealkylation sites (N-methyl/N-ethyl adjacent to an activating group) is 1. The van der Waals surface area contributed by atoms with Gasteiger partial charge in [0.1, 0.15) is 0 Å². The molecule has 1 aromatic rings. The van der Waals surface area contributed by atoms with E-state index in [0.29, 0.717) is 12.1 Å². The highest BCUT2D eigenvalue weighted by atomic mass is 15.0. The quantitative estimate of drug-likeness (QED) is 0.810. The van der Waals surface area contributed by atoms with Gasteiger partial charge in [0.2, 0.25) is 0 Å². The van der Waals surface area contributed by atoms with Gasteiger partial charge in [0.15, 0.2) is 0 Å². The van der Waals surface area contributed by atoms with Gasteiger partial charge in [-0.2, -0.15) is 0 Å². The zero-order valence-electron chi connectivity index (χ0n) is 10.3. The van der Waals surface area contributed by atoms with Crippen LogP contribution in [0.15, 0.2) is 24.3 Å². The van der Waals surface area contributed by atoms with Gasteiger partial charge in [0.25, 0.3) is 0 Å². The van der Waals surface area contributed by atoms with Gasteiger partial charge in [0.05, 0.1) is 0 Å². The lowest BCUT2D eigenvalue weighted by Crippen LogP contribution is -2.36. The average molecular weight is 218 g/mol. The maximum absolute atomic E-state index is 3.57. The highest BCUT2D eigenvalue weighted by Gasteiger charge is 2.24. The van der Waals surface area contributed by atoms with E-state index in [2.05, 4.69) is 48.9 Å². The minimum absolute atomic E-state index is 0.452. The molecule has 0 aliphatic carbocycles. The van der Waals surface area contributed by atoms with Gasteiger partial charge in [-0.15, -0.1) is 0 Å². The second-order valence-corrected chi connectivity index (χ2v) is 4.56. The predicted octanol–water partition coefficient (Wildman–Crippen LogP) is 2.26. The molecule has 88 valence electrons. The molecule has 2 atom stereocenters. The zero-order valence-corrected chi connectivity index (χ0v) is 10.3. The van der Waals surface area contributed by atoms with Crippen LogP contribution in [0.25, 0.3) is 0 Å². The van der Waals surface area contributed by atoms with Crippen LogP contribution < -0.4 is 10.6 Å². The maximum Gasteiger partial charge on any atom is 0.0473 e. The molecule has 16 heavy (non-hydrogen) atoms. The van der Waals surface area contributed by atoms with Gasteiger partial charge in [-0.05, 0) is 44.0 Å². The average Bonchev–Trinajstić information content (AvgIpc) is 2.85. The predicted molar refractivity (Wildman–Crippen MR) is 68.6 cm³/mol. The lowest BCUT2D eigenvalue weighted by atomic mass is 9.97. The van der Waals surface area contributed by atoms with Gasteiger partial charge in [0, 0.05) is 12.1 Å². The van der Waals surface area contributed by atoms with Crippen molar-refractivity contribution in [2.24, 2.45) is 0 Å². The zero-order chi connectivity index (χ0) is 11.4. The lowest BCUT2D eigenvalue weighted by molar-refractivity contribution is 0.440. The molecule has 0 spiro atoms. The Hall–Kier alpha value is -0.860. The third kappa shape index (κ3) is 2.45. The van der Waals surface area contributed by atoms with Crippen molar-refractivity contribution in [1.82, 2.24) is 10.6 Å². The van der Waals surface area contributed by atoms with Gasteiger partial charge in [-0.3, -0.25) is 0 Å². The summed E-state index contributed by atoms with van der Waals surface area (Å²) in [6.07, 6.45) is 3.70. The van der Waals surface area contributed by atoms with E-state index >= 15 is 0 Å². The number of nitrogens with one attached hydrogen (secondary N) is 2. The van der Waals surface area contributed by atoms with Crippen molar-refractivity contribution in [2.45, 2.75) is 38.3 Å². The minimum atomic E-state index is 0.452. The summed E-state index contributed by atoms with van der Waals surface area (Å²) in [5.74, 6) is 0. The van der Waals surface area contributed by atoms with Crippen molar-refractivity contribution in [3.63, 3.8) is 0 Å². The highest BCUT2D eigenvalue weighted by molar-refractivity contribution is 5.26. The van der Waals surface area contributed by atoms with Crippen molar-refractivity contribution < 1.29 is 0 Å². The molecule has 1 fully saturated rings. The van der Waals surface area contributed by atoms with Crippen molar-refractivity contribution in [1.29, 1.82) is 0 Å². The highest BCUT2D eigenvalue weighted by Crippen LogP contribution is 2.23. The molecule has 0 saturated carbocycles. The Labute approximate surface area is 98.4 Å². The summed E-state index contributed by atoms with van der Waals surface area (Å²) in [4.78, 5) is 0. The van der Waals surface area contributed by atoms with Crippen LogP contribution in [0.4, 0.5) is 0 Å². The number of hydrogen-bond acceptors (Lipinski definition) is 2. The van der Waals surface area contributed by atoms with Gasteiger partial charge in [-0.1, -0.05) is 31.2 Å². The summed E-state index contributed by atoms with van der Waals surface area (Å²) in [6.45, 7) is 3.36. The summed E-state index contributed by atoms with van der Waals surface area (Å²) in [7, 11) is 2.05. The van der Waals surface area contributed by atoms with Gasteiger partial charge >= 0.3 is 0 Å². The Morgan fingerprint density at radius 1 is 1.38 bits per heavy atom. The Kier molecular flexibility index (Phi) is 3.97. The largest absolute Gasteiger partial charge is 0.312 e. The Bertz CT molecular complexity index is 312. The van der Waals surface area contributed by atoms with Crippen molar-refractivity contribution in [2.75, 3.05) is 13.6 Å². The first-order valence-corrected chi connectivity index (χ1v) is 6.34. The van der Waals surface area contributed by atoms with Crippen LogP contribution in [0.5, 0.6) is 0 Å². The third-order valence-corrected chi connectivity index (χ3v) is 3.56. The van der Waals surface area contributed by atoms with E-state index in [1.54, 1.807) is 0 Å². The first-order chi connectivity index (χ1) is 7.85. The van der Waals surface area contributed by atoms with Crippen LogP contribution in [-0.2, 0) is 6.42 Å². The van der Waals surface area contributed by atoms with E-state index in [1.165, 1.54) is 24.0 Å². The molecular weight excluding hydrogens is 196 g/mol. The van der Waals surface area contributed by atoms with Crippen LogP contribution in [-0.4, -0.2) is 19.6 Å². The fourth-order valence-corrected chi connectivity index (χ4v) is 2.56. The molecule has 1 aromatic carbocycles. The monoisotopic (exact) mass is 218 g/mol.